The Balaban J connectivity index is 1.31. The van der Waals surface area contributed by atoms with E-state index in [1.54, 1.807) is 0 Å². The Kier molecular flexibility index (Phi) is 6.05. The number of halogens is 1. The van der Waals surface area contributed by atoms with Crippen LogP contribution in [0.15, 0.2) is 95.6 Å². The van der Waals surface area contributed by atoms with Crippen LogP contribution in [0.3, 0.4) is 0 Å². The number of pyridine rings is 1. The molecule has 5 rings (SSSR count). The fourth-order valence-electron chi connectivity index (χ4n) is 3.65. The van der Waals surface area contributed by atoms with Crippen molar-refractivity contribution in [2.24, 2.45) is 0 Å². The topological polar surface area (TPSA) is 52.8 Å². The van der Waals surface area contributed by atoms with Gasteiger partial charge in [-0.2, -0.15) is 0 Å². The lowest BCUT2D eigenvalue weighted by atomic mass is 10.0. The van der Waals surface area contributed by atoms with Crippen LogP contribution in [-0.2, 0) is 24.5 Å². The summed E-state index contributed by atoms with van der Waals surface area (Å²) < 4.78 is 8.92. The number of rotatable bonds is 7. The summed E-state index contributed by atoms with van der Waals surface area (Å²) in [7, 11) is 0. The smallest absolute Gasteiger partial charge is 0.108 e. The molecule has 2 aromatic heterocycles. The molecule has 0 spiro atoms. The van der Waals surface area contributed by atoms with Gasteiger partial charge in [-0.1, -0.05) is 81.8 Å². The maximum absolute atomic E-state index is 6.04. The van der Waals surface area contributed by atoms with Crippen LogP contribution in [0.25, 0.3) is 22.2 Å². The molecule has 0 unspecified atom stereocenters. The van der Waals surface area contributed by atoms with Crippen molar-refractivity contribution in [3.63, 3.8) is 0 Å². The number of hydrogen-bond donors (Lipinski definition) is 0. The Morgan fingerprint density at radius 2 is 1.62 bits per heavy atom. The van der Waals surface area contributed by atoms with Gasteiger partial charge in [0.2, 0.25) is 0 Å². The second-order valence-corrected chi connectivity index (χ2v) is 8.49. The maximum atomic E-state index is 6.04. The highest BCUT2D eigenvalue weighted by molar-refractivity contribution is 9.10. The van der Waals surface area contributed by atoms with Gasteiger partial charge in [0.15, 0.2) is 0 Å². The average Bonchev–Trinajstić information content (AvgIpc) is 3.27. The van der Waals surface area contributed by atoms with E-state index < -0.39 is 0 Å². The van der Waals surface area contributed by atoms with E-state index in [4.69, 9.17) is 9.72 Å². The molecule has 3 aromatic carbocycles. The molecule has 0 aliphatic carbocycles. The first kappa shape index (κ1) is 20.5. The SMILES string of the molecule is Brc1ccc(-c2cc(COCc3cn(Cc4ccccc4)nn3)c3ccccc3n2)cc1. The van der Waals surface area contributed by atoms with E-state index in [1.807, 2.05) is 59.4 Å². The van der Waals surface area contributed by atoms with Crippen LogP contribution < -0.4 is 0 Å². The minimum absolute atomic E-state index is 0.402. The van der Waals surface area contributed by atoms with Crippen molar-refractivity contribution in [3.05, 3.63) is 112 Å². The molecule has 158 valence electrons. The molecule has 5 aromatic rings. The molecule has 0 radical (unpaired) electrons. The van der Waals surface area contributed by atoms with Crippen LogP contribution in [0.1, 0.15) is 16.8 Å². The van der Waals surface area contributed by atoms with Crippen LogP contribution in [0.2, 0.25) is 0 Å². The van der Waals surface area contributed by atoms with Crippen LogP contribution >= 0.6 is 15.9 Å². The van der Waals surface area contributed by atoms with E-state index in [1.165, 1.54) is 5.56 Å². The molecule has 0 aliphatic heterocycles. The Bertz CT molecular complexity index is 1330. The van der Waals surface area contributed by atoms with Gasteiger partial charge in [0.25, 0.3) is 0 Å². The summed E-state index contributed by atoms with van der Waals surface area (Å²) in [6.07, 6.45) is 1.94. The predicted molar refractivity (Wildman–Crippen MR) is 129 cm³/mol. The quantitative estimate of drug-likeness (QED) is 0.283. The molecule has 0 atom stereocenters. The first-order valence-corrected chi connectivity index (χ1v) is 11.2. The third kappa shape index (κ3) is 4.77. The molecule has 2 heterocycles. The number of benzene rings is 3. The van der Waals surface area contributed by atoms with Gasteiger partial charge in [0.05, 0.1) is 37.2 Å². The van der Waals surface area contributed by atoms with Gasteiger partial charge < -0.3 is 4.74 Å². The van der Waals surface area contributed by atoms with Gasteiger partial charge in [-0.25, -0.2) is 9.67 Å². The molecule has 0 amide bonds. The van der Waals surface area contributed by atoms with Gasteiger partial charge in [-0.05, 0) is 35.4 Å². The molecule has 6 heteroatoms. The van der Waals surface area contributed by atoms with Crippen molar-refractivity contribution in [2.75, 3.05) is 0 Å². The zero-order valence-electron chi connectivity index (χ0n) is 17.4. The third-order valence-corrected chi connectivity index (χ3v) is 5.75. The summed E-state index contributed by atoms with van der Waals surface area (Å²) in [4.78, 5) is 4.85. The van der Waals surface area contributed by atoms with Gasteiger partial charge in [-0.3, -0.25) is 0 Å². The van der Waals surface area contributed by atoms with Crippen molar-refractivity contribution in [3.8, 4) is 11.3 Å². The van der Waals surface area contributed by atoms with E-state index in [-0.39, 0.29) is 0 Å². The van der Waals surface area contributed by atoms with Crippen molar-refractivity contribution in [2.45, 2.75) is 19.8 Å². The summed E-state index contributed by atoms with van der Waals surface area (Å²) in [6.45, 7) is 1.57. The maximum Gasteiger partial charge on any atom is 0.108 e. The van der Waals surface area contributed by atoms with Crippen molar-refractivity contribution in [1.29, 1.82) is 0 Å². The second-order valence-electron chi connectivity index (χ2n) is 7.58. The number of hydrogen-bond acceptors (Lipinski definition) is 4. The number of para-hydroxylation sites is 1. The number of ether oxygens (including phenoxy) is 1. The molecule has 0 bridgehead atoms. The summed E-state index contributed by atoms with van der Waals surface area (Å²) in [5, 5.41) is 9.57. The van der Waals surface area contributed by atoms with Crippen LogP contribution in [-0.4, -0.2) is 20.0 Å². The summed E-state index contributed by atoms with van der Waals surface area (Å²) in [5.41, 5.74) is 6.07. The summed E-state index contributed by atoms with van der Waals surface area (Å²) >= 11 is 3.50. The Labute approximate surface area is 194 Å². The Morgan fingerprint density at radius 1 is 0.844 bits per heavy atom. The monoisotopic (exact) mass is 484 g/mol. The average molecular weight is 485 g/mol. The molecule has 0 saturated heterocycles. The molecule has 0 fully saturated rings. The molecular formula is C26H21BrN4O. The van der Waals surface area contributed by atoms with Crippen LogP contribution in [0.4, 0.5) is 0 Å². The molecule has 32 heavy (non-hydrogen) atoms. The zero-order chi connectivity index (χ0) is 21.8. The largest absolute Gasteiger partial charge is 0.370 e. The minimum atomic E-state index is 0.402. The normalized spacial score (nSPS) is 11.2. The van der Waals surface area contributed by atoms with Gasteiger partial charge in [0.1, 0.15) is 5.69 Å². The van der Waals surface area contributed by atoms with Crippen molar-refractivity contribution >= 4 is 26.8 Å². The molecular weight excluding hydrogens is 464 g/mol. The van der Waals surface area contributed by atoms with Gasteiger partial charge in [0, 0.05) is 15.4 Å². The molecule has 0 N–H and O–H groups in total. The van der Waals surface area contributed by atoms with E-state index in [0.29, 0.717) is 19.8 Å². The Morgan fingerprint density at radius 3 is 2.47 bits per heavy atom. The van der Waals surface area contributed by atoms with Crippen LogP contribution in [0, 0.1) is 0 Å². The standard InChI is InChI=1S/C26H21BrN4O/c27-22-12-10-20(11-13-22)26-14-21(24-8-4-5-9-25(24)28-26)17-32-18-23-16-31(30-29-23)15-19-6-2-1-3-7-19/h1-14,16H,15,17-18H2. The van der Waals surface area contributed by atoms with E-state index in [2.05, 4.69) is 62.6 Å². The van der Waals surface area contributed by atoms with E-state index in [0.717, 1.165) is 37.9 Å². The van der Waals surface area contributed by atoms with Crippen LogP contribution in [0.5, 0.6) is 0 Å². The number of fused-ring (bicyclic) bond motifs is 1. The lowest BCUT2D eigenvalue weighted by Crippen LogP contribution is -2.00. The lowest BCUT2D eigenvalue weighted by Gasteiger charge is -2.10. The van der Waals surface area contributed by atoms with Gasteiger partial charge in [-0.15, -0.1) is 5.10 Å². The van der Waals surface area contributed by atoms with Crippen molar-refractivity contribution < 1.29 is 4.74 Å². The minimum Gasteiger partial charge on any atom is -0.370 e. The lowest BCUT2D eigenvalue weighted by molar-refractivity contribution is 0.105. The molecule has 0 saturated carbocycles. The third-order valence-electron chi connectivity index (χ3n) is 5.22. The number of nitrogens with zero attached hydrogens (tertiary/aromatic N) is 4. The predicted octanol–water partition coefficient (Wildman–Crippen LogP) is 6.02. The first-order valence-electron chi connectivity index (χ1n) is 10.4. The van der Waals surface area contributed by atoms with Crippen molar-refractivity contribution in [1.82, 2.24) is 20.0 Å². The fourth-order valence-corrected chi connectivity index (χ4v) is 3.92. The summed E-state index contributed by atoms with van der Waals surface area (Å²) in [6, 6.07) is 28.7. The molecule has 0 aliphatic rings. The first-order chi connectivity index (χ1) is 15.7. The highest BCUT2D eigenvalue weighted by Gasteiger charge is 2.09. The Hall–Kier alpha value is -3.35. The van der Waals surface area contributed by atoms with E-state index in [9.17, 15) is 0 Å². The highest BCUT2D eigenvalue weighted by atomic mass is 79.9. The second kappa shape index (κ2) is 9.42. The fraction of sp³-hybridized carbons (Fsp3) is 0.115. The van der Waals surface area contributed by atoms with E-state index >= 15 is 0 Å². The zero-order valence-corrected chi connectivity index (χ0v) is 18.9. The molecule has 5 nitrogen and oxygen atoms in total. The highest BCUT2D eigenvalue weighted by Crippen LogP contribution is 2.26. The van der Waals surface area contributed by atoms with Gasteiger partial charge >= 0.3 is 0 Å². The number of aromatic nitrogens is 4. The summed E-state index contributed by atoms with van der Waals surface area (Å²) in [5.74, 6) is 0.